The van der Waals surface area contributed by atoms with Crippen LogP contribution in [0.1, 0.15) is 16.7 Å². The minimum atomic E-state index is -0.519. The summed E-state index contributed by atoms with van der Waals surface area (Å²) >= 11 is 13.7. The maximum atomic E-state index is 12.8. The first-order valence-corrected chi connectivity index (χ1v) is 12.2. The largest absolute Gasteiger partial charge is 0.493 e. The fourth-order valence-electron chi connectivity index (χ4n) is 3.48. The summed E-state index contributed by atoms with van der Waals surface area (Å²) in [5.41, 5.74) is 2.18. The Morgan fingerprint density at radius 1 is 1.11 bits per heavy atom. The van der Waals surface area contributed by atoms with Gasteiger partial charge in [-0.3, -0.25) is 15.2 Å². The first-order chi connectivity index (χ1) is 17.4. The third-order valence-corrected chi connectivity index (χ3v) is 6.96. The zero-order valence-corrected chi connectivity index (χ0v) is 21.1. The van der Waals surface area contributed by atoms with Gasteiger partial charge in [0.2, 0.25) is 5.17 Å². The normalized spacial score (nSPS) is 16.1. The van der Waals surface area contributed by atoms with Crippen molar-refractivity contribution in [3.63, 3.8) is 0 Å². The molecule has 5 rings (SSSR count). The summed E-state index contributed by atoms with van der Waals surface area (Å²) in [5, 5.41) is 16.4. The minimum absolute atomic E-state index is 0.0657. The molecule has 180 valence electrons. The van der Waals surface area contributed by atoms with Crippen LogP contribution in [0.5, 0.6) is 11.5 Å². The summed E-state index contributed by atoms with van der Waals surface area (Å²) < 4.78 is 11.4. The molecule has 0 saturated carbocycles. The van der Waals surface area contributed by atoms with Crippen molar-refractivity contribution in [2.45, 2.75) is 6.61 Å². The fourth-order valence-corrected chi connectivity index (χ4v) is 4.87. The van der Waals surface area contributed by atoms with Gasteiger partial charge in [-0.2, -0.15) is 15.1 Å². The number of nitrogens with one attached hydrogen (secondary N) is 1. The van der Waals surface area contributed by atoms with Gasteiger partial charge in [-0.15, -0.1) is 0 Å². The monoisotopic (exact) mass is 537 g/mol. The molecule has 0 aliphatic carbocycles. The highest BCUT2D eigenvalue weighted by Crippen LogP contribution is 2.34. The molecule has 2 aliphatic rings. The molecule has 3 heterocycles. The SMILES string of the molecule is COc1cc(/C=C2/C(=N)N3N=C(c4cccnc4)SC3=NC2=O)ccc1OCc1c(Cl)cccc1Cl. The van der Waals surface area contributed by atoms with Crippen molar-refractivity contribution in [3.8, 4) is 11.5 Å². The van der Waals surface area contributed by atoms with Crippen molar-refractivity contribution >= 4 is 63.0 Å². The van der Waals surface area contributed by atoms with Gasteiger partial charge in [-0.25, -0.2) is 0 Å². The number of thioether (sulfide) groups is 1. The molecule has 36 heavy (non-hydrogen) atoms. The summed E-state index contributed by atoms with van der Waals surface area (Å²) in [7, 11) is 1.52. The van der Waals surface area contributed by atoms with Crippen LogP contribution in [0.4, 0.5) is 0 Å². The van der Waals surface area contributed by atoms with E-state index in [2.05, 4.69) is 15.1 Å². The number of carbonyl (C=O) groups excluding carboxylic acids is 1. The smallest absolute Gasteiger partial charge is 0.283 e. The zero-order chi connectivity index (χ0) is 25.2. The van der Waals surface area contributed by atoms with Crippen LogP contribution >= 0.6 is 35.0 Å². The van der Waals surface area contributed by atoms with Gasteiger partial charge in [-0.1, -0.05) is 35.3 Å². The van der Waals surface area contributed by atoms with Crippen LogP contribution in [-0.4, -0.2) is 39.1 Å². The molecule has 1 N–H and O–H groups in total. The average Bonchev–Trinajstić information content (AvgIpc) is 3.31. The Balaban J connectivity index is 1.38. The summed E-state index contributed by atoms with van der Waals surface area (Å²) in [6.45, 7) is 0.153. The van der Waals surface area contributed by atoms with Crippen molar-refractivity contribution < 1.29 is 14.3 Å². The number of aromatic nitrogens is 1. The summed E-state index contributed by atoms with van der Waals surface area (Å²) in [4.78, 5) is 21.0. The van der Waals surface area contributed by atoms with E-state index in [9.17, 15) is 4.79 Å². The molecule has 2 aliphatic heterocycles. The van der Waals surface area contributed by atoms with Gasteiger partial charge in [0.1, 0.15) is 11.7 Å². The second kappa shape index (κ2) is 10.1. The van der Waals surface area contributed by atoms with Gasteiger partial charge in [0.15, 0.2) is 17.3 Å². The Bertz CT molecular complexity index is 1450. The molecule has 0 fully saturated rings. The standard InChI is InChI=1S/C25H17Cl2N5O3S/c1-34-21-11-14(7-8-20(21)35-13-17-18(26)5-2-6-19(17)27)10-16-22(28)32-25(30-23(16)33)36-24(31-32)15-4-3-9-29-12-15/h2-12,28H,13H2,1H3/b16-10-,28-22?. The number of pyridine rings is 1. The molecule has 1 amide bonds. The summed E-state index contributed by atoms with van der Waals surface area (Å²) in [6.07, 6.45) is 4.91. The number of ether oxygens (including phenoxy) is 2. The van der Waals surface area contributed by atoms with E-state index in [0.29, 0.717) is 42.9 Å². The lowest BCUT2D eigenvalue weighted by molar-refractivity contribution is -0.114. The molecule has 0 bridgehead atoms. The van der Waals surface area contributed by atoms with Crippen LogP contribution in [0.2, 0.25) is 10.0 Å². The van der Waals surface area contributed by atoms with Gasteiger partial charge >= 0.3 is 0 Å². The maximum absolute atomic E-state index is 12.8. The zero-order valence-electron chi connectivity index (χ0n) is 18.7. The van der Waals surface area contributed by atoms with Crippen LogP contribution in [-0.2, 0) is 11.4 Å². The van der Waals surface area contributed by atoms with E-state index in [1.165, 1.54) is 23.9 Å². The number of carbonyl (C=O) groups is 1. The number of amidine groups is 2. The van der Waals surface area contributed by atoms with Gasteiger partial charge in [0, 0.05) is 33.6 Å². The molecule has 0 atom stereocenters. The summed E-state index contributed by atoms with van der Waals surface area (Å²) in [5.74, 6) is 0.334. The lowest BCUT2D eigenvalue weighted by Crippen LogP contribution is -2.35. The van der Waals surface area contributed by atoms with E-state index in [1.807, 2.05) is 6.07 Å². The van der Waals surface area contributed by atoms with Gasteiger partial charge in [0.25, 0.3) is 5.91 Å². The molecule has 8 nitrogen and oxygen atoms in total. The van der Waals surface area contributed by atoms with Gasteiger partial charge in [-0.05, 0) is 59.8 Å². The van der Waals surface area contributed by atoms with E-state index in [4.69, 9.17) is 38.1 Å². The van der Waals surface area contributed by atoms with Crippen LogP contribution in [0.3, 0.4) is 0 Å². The molecule has 3 aromatic rings. The van der Waals surface area contributed by atoms with E-state index in [0.717, 1.165) is 5.56 Å². The molecule has 0 radical (unpaired) electrons. The number of hydrogen-bond acceptors (Lipinski definition) is 7. The Morgan fingerprint density at radius 2 is 1.92 bits per heavy atom. The number of amides is 1. The third kappa shape index (κ3) is 4.73. The van der Waals surface area contributed by atoms with Crippen molar-refractivity contribution in [2.75, 3.05) is 7.11 Å². The van der Waals surface area contributed by atoms with Crippen LogP contribution < -0.4 is 9.47 Å². The number of halogens is 2. The molecule has 11 heteroatoms. The molecular weight excluding hydrogens is 521 g/mol. The topological polar surface area (TPSA) is 100 Å². The van der Waals surface area contributed by atoms with Crippen molar-refractivity contribution in [1.82, 2.24) is 9.99 Å². The fraction of sp³-hybridized carbons (Fsp3) is 0.0800. The number of nitrogens with zero attached hydrogens (tertiary/aromatic N) is 4. The average molecular weight is 538 g/mol. The lowest BCUT2D eigenvalue weighted by Gasteiger charge is -2.20. The first kappa shape index (κ1) is 24.1. The minimum Gasteiger partial charge on any atom is -0.493 e. The Hall–Kier alpha value is -3.66. The molecule has 0 unspecified atom stereocenters. The van der Waals surface area contributed by atoms with E-state index in [1.54, 1.807) is 60.9 Å². The molecule has 1 aromatic heterocycles. The van der Waals surface area contributed by atoms with Crippen LogP contribution in [0.25, 0.3) is 6.08 Å². The Morgan fingerprint density at radius 3 is 2.64 bits per heavy atom. The predicted octanol–water partition coefficient (Wildman–Crippen LogP) is 5.64. The van der Waals surface area contributed by atoms with Crippen LogP contribution in [0.15, 0.2) is 76.6 Å². The number of rotatable bonds is 6. The van der Waals surface area contributed by atoms with Crippen LogP contribution in [0, 0.1) is 5.41 Å². The third-order valence-electron chi connectivity index (χ3n) is 5.30. The number of hydrogen-bond donors (Lipinski definition) is 1. The van der Waals surface area contributed by atoms with Gasteiger partial charge < -0.3 is 9.47 Å². The molecule has 0 saturated heterocycles. The highest BCUT2D eigenvalue weighted by Gasteiger charge is 2.36. The number of aliphatic imine (C=N–C) groups is 1. The van der Waals surface area contributed by atoms with E-state index in [-0.39, 0.29) is 18.0 Å². The number of methoxy groups -OCH3 is 1. The maximum Gasteiger partial charge on any atom is 0.283 e. The van der Waals surface area contributed by atoms with E-state index >= 15 is 0 Å². The molecular formula is C25H17Cl2N5O3S. The first-order valence-electron chi connectivity index (χ1n) is 10.6. The van der Waals surface area contributed by atoms with Crippen molar-refractivity contribution in [3.05, 3.63) is 93.2 Å². The second-order valence-corrected chi connectivity index (χ2v) is 9.34. The Labute approximate surface area is 220 Å². The number of fused-ring (bicyclic) bond motifs is 1. The van der Waals surface area contributed by atoms with Crippen molar-refractivity contribution in [1.29, 1.82) is 5.41 Å². The van der Waals surface area contributed by atoms with Crippen molar-refractivity contribution in [2.24, 2.45) is 10.1 Å². The van der Waals surface area contributed by atoms with Gasteiger partial charge in [0.05, 0.1) is 12.7 Å². The Kier molecular flexibility index (Phi) is 6.77. The second-order valence-electron chi connectivity index (χ2n) is 7.57. The number of benzene rings is 2. The highest BCUT2D eigenvalue weighted by molar-refractivity contribution is 8.27. The summed E-state index contributed by atoms with van der Waals surface area (Å²) in [6, 6.07) is 14.1. The highest BCUT2D eigenvalue weighted by atomic mass is 35.5. The molecule has 0 spiro atoms. The lowest BCUT2D eigenvalue weighted by atomic mass is 10.1. The number of hydrazone groups is 1. The quantitative estimate of drug-likeness (QED) is 0.408. The predicted molar refractivity (Wildman–Crippen MR) is 142 cm³/mol. The molecule has 2 aromatic carbocycles. The van der Waals surface area contributed by atoms with E-state index < -0.39 is 5.91 Å².